The summed E-state index contributed by atoms with van der Waals surface area (Å²) in [5.74, 6) is -2.79. The van der Waals surface area contributed by atoms with Crippen molar-refractivity contribution in [3.05, 3.63) is 54.1 Å². The Hall–Kier alpha value is -2.94. The van der Waals surface area contributed by atoms with Crippen molar-refractivity contribution >= 4 is 40.3 Å². The predicted octanol–water partition coefficient (Wildman–Crippen LogP) is 3.79. The lowest BCUT2D eigenvalue weighted by Gasteiger charge is -2.16. The quantitative estimate of drug-likeness (QED) is 0.579. The lowest BCUT2D eigenvalue weighted by Crippen LogP contribution is -2.27. The number of hydrogen-bond donors (Lipinski definition) is 1. The zero-order chi connectivity index (χ0) is 21.1. The number of benzene rings is 2. The van der Waals surface area contributed by atoms with E-state index in [1.54, 1.807) is 29.2 Å². The molecule has 1 aliphatic heterocycles. The van der Waals surface area contributed by atoms with Crippen LogP contribution in [0.3, 0.4) is 0 Å². The number of carbonyl (C=O) groups excluding carboxylic acids is 2. The molecule has 1 aromatic heterocycles. The average molecular weight is 430 g/mol. The van der Waals surface area contributed by atoms with Gasteiger partial charge in [0.1, 0.15) is 6.54 Å². The highest BCUT2D eigenvalue weighted by atomic mass is 32.2. The van der Waals surface area contributed by atoms with Gasteiger partial charge in [-0.15, -0.1) is 0 Å². The van der Waals surface area contributed by atoms with Crippen molar-refractivity contribution in [3.8, 4) is 0 Å². The number of fused-ring (bicyclic) bond motifs is 1. The number of thioether (sulfide) groups is 1. The van der Waals surface area contributed by atoms with Crippen LogP contribution in [0.2, 0.25) is 0 Å². The molecule has 0 radical (unpaired) electrons. The van der Waals surface area contributed by atoms with E-state index in [-0.39, 0.29) is 23.5 Å². The van der Waals surface area contributed by atoms with Crippen LogP contribution >= 0.6 is 11.8 Å². The molecule has 0 spiro atoms. The Balaban J connectivity index is 1.41. The van der Waals surface area contributed by atoms with Crippen LogP contribution in [0.25, 0.3) is 11.0 Å². The third-order valence-electron chi connectivity index (χ3n) is 4.93. The van der Waals surface area contributed by atoms with Crippen molar-refractivity contribution in [2.75, 3.05) is 11.4 Å². The molecule has 0 atom stereocenters. The number of halogens is 2. The van der Waals surface area contributed by atoms with E-state index in [2.05, 4.69) is 10.3 Å². The Kier molecular flexibility index (Phi) is 5.98. The first-order chi connectivity index (χ1) is 14.5. The molecule has 1 N–H and O–H groups in total. The summed E-state index contributed by atoms with van der Waals surface area (Å²) in [5.41, 5.74) is 2.94. The van der Waals surface area contributed by atoms with Crippen LogP contribution in [-0.4, -0.2) is 33.7 Å². The summed E-state index contributed by atoms with van der Waals surface area (Å²) in [6.45, 7) is 0.930. The highest BCUT2D eigenvalue weighted by Gasteiger charge is 2.21. The first-order valence-electron chi connectivity index (χ1n) is 9.57. The molecule has 1 aliphatic rings. The van der Waals surface area contributed by atoms with E-state index in [4.69, 9.17) is 0 Å². The number of imidazole rings is 1. The van der Waals surface area contributed by atoms with Crippen LogP contribution < -0.4 is 10.2 Å². The number of aromatic nitrogens is 2. The Labute approximate surface area is 176 Å². The van der Waals surface area contributed by atoms with Crippen LogP contribution in [-0.2, 0) is 22.7 Å². The minimum Gasteiger partial charge on any atom is -0.350 e. The molecule has 4 rings (SSSR count). The van der Waals surface area contributed by atoms with Crippen molar-refractivity contribution in [1.82, 2.24) is 14.9 Å². The first kappa shape index (κ1) is 20.3. The third-order valence-corrected chi connectivity index (χ3v) is 5.63. The number of nitrogens with one attached hydrogen (secondary N) is 1. The van der Waals surface area contributed by atoms with E-state index < -0.39 is 5.76 Å². The topological polar surface area (TPSA) is 67.2 Å². The highest BCUT2D eigenvalue weighted by molar-refractivity contribution is 7.99. The van der Waals surface area contributed by atoms with E-state index in [9.17, 15) is 18.4 Å². The van der Waals surface area contributed by atoms with Gasteiger partial charge in [-0.3, -0.25) is 9.59 Å². The van der Waals surface area contributed by atoms with Gasteiger partial charge < -0.3 is 14.8 Å². The summed E-state index contributed by atoms with van der Waals surface area (Å²) in [5, 5.41) is 2.93. The number of alkyl halides is 2. The number of nitrogens with zero attached hydrogens (tertiary/aromatic N) is 3. The van der Waals surface area contributed by atoms with E-state index >= 15 is 0 Å². The van der Waals surface area contributed by atoms with E-state index in [1.807, 2.05) is 24.3 Å². The maximum atomic E-state index is 12.9. The van der Waals surface area contributed by atoms with Gasteiger partial charge in [0, 0.05) is 25.2 Å². The van der Waals surface area contributed by atoms with Gasteiger partial charge in [-0.1, -0.05) is 24.3 Å². The van der Waals surface area contributed by atoms with Crippen LogP contribution in [0.5, 0.6) is 0 Å². The van der Waals surface area contributed by atoms with Crippen LogP contribution in [0.4, 0.5) is 14.5 Å². The van der Waals surface area contributed by atoms with E-state index in [0.717, 1.165) is 24.2 Å². The van der Waals surface area contributed by atoms with E-state index in [1.165, 1.54) is 4.57 Å². The average Bonchev–Trinajstić information content (AvgIpc) is 3.30. The largest absolute Gasteiger partial charge is 0.350 e. The normalized spacial score (nSPS) is 14.1. The summed E-state index contributed by atoms with van der Waals surface area (Å²) in [6.07, 6.45) is 1.44. The standard InChI is InChI=1S/C21H20F2N4O2S/c22-20(23)30-21-25-16-4-1-2-5-17(16)27(21)13-18(28)24-12-14-7-9-15(10-8-14)26-11-3-6-19(26)29/h1-2,4-5,7-10,20H,3,6,11-13H2,(H,24,28). The van der Waals surface area contributed by atoms with Gasteiger partial charge in [0.05, 0.1) is 11.0 Å². The van der Waals surface area contributed by atoms with Gasteiger partial charge in [-0.2, -0.15) is 8.78 Å². The number of amides is 2. The minimum absolute atomic E-state index is 0.101. The number of rotatable bonds is 7. The van der Waals surface area contributed by atoms with Crippen molar-refractivity contribution < 1.29 is 18.4 Å². The second-order valence-electron chi connectivity index (χ2n) is 6.94. The van der Waals surface area contributed by atoms with Crippen LogP contribution in [0, 0.1) is 0 Å². The van der Waals surface area contributed by atoms with Gasteiger partial charge >= 0.3 is 0 Å². The summed E-state index contributed by atoms with van der Waals surface area (Å²) < 4.78 is 27.3. The minimum atomic E-state index is -2.62. The zero-order valence-corrected chi connectivity index (χ0v) is 16.9. The fourth-order valence-corrected chi connectivity index (χ4v) is 4.09. The first-order valence-corrected chi connectivity index (χ1v) is 10.5. The molecule has 0 unspecified atom stereocenters. The lowest BCUT2D eigenvalue weighted by molar-refractivity contribution is -0.122. The summed E-state index contributed by atoms with van der Waals surface area (Å²) in [7, 11) is 0. The maximum absolute atomic E-state index is 12.9. The Bertz CT molecular complexity index is 1070. The molecule has 1 fully saturated rings. The smallest absolute Gasteiger partial charge is 0.291 e. The SMILES string of the molecule is O=C(Cn1c(SC(F)F)nc2ccccc21)NCc1ccc(N2CCCC2=O)cc1. The summed E-state index contributed by atoms with van der Waals surface area (Å²) >= 11 is 0.327. The molecule has 6 nitrogen and oxygen atoms in total. The van der Waals surface area contributed by atoms with Crippen molar-refractivity contribution in [2.45, 2.75) is 36.8 Å². The van der Waals surface area contributed by atoms with Gasteiger partial charge in [0.2, 0.25) is 11.8 Å². The Morgan fingerprint density at radius 2 is 1.93 bits per heavy atom. The van der Waals surface area contributed by atoms with Gasteiger partial charge in [0.15, 0.2) is 5.16 Å². The van der Waals surface area contributed by atoms with Crippen molar-refractivity contribution in [1.29, 1.82) is 0 Å². The van der Waals surface area contributed by atoms with Gasteiger partial charge in [0.25, 0.3) is 5.76 Å². The number of carbonyl (C=O) groups is 2. The fraction of sp³-hybridized carbons (Fsp3) is 0.286. The van der Waals surface area contributed by atoms with Crippen LogP contribution in [0.15, 0.2) is 53.7 Å². The molecule has 30 heavy (non-hydrogen) atoms. The second-order valence-corrected chi connectivity index (χ2v) is 7.90. The molecular weight excluding hydrogens is 410 g/mol. The lowest BCUT2D eigenvalue weighted by atomic mass is 10.2. The monoisotopic (exact) mass is 430 g/mol. The molecule has 1 saturated heterocycles. The van der Waals surface area contributed by atoms with E-state index in [0.29, 0.717) is 35.8 Å². The maximum Gasteiger partial charge on any atom is 0.291 e. The molecule has 156 valence electrons. The molecule has 2 amide bonds. The molecular formula is C21H20F2N4O2S. The number of anilines is 1. The third kappa shape index (κ3) is 4.46. The fourth-order valence-electron chi connectivity index (χ4n) is 3.49. The van der Waals surface area contributed by atoms with Gasteiger partial charge in [-0.05, 0) is 48.0 Å². The predicted molar refractivity (Wildman–Crippen MR) is 111 cm³/mol. The highest BCUT2D eigenvalue weighted by Crippen LogP contribution is 2.28. The molecule has 0 aliphatic carbocycles. The molecule has 9 heteroatoms. The van der Waals surface area contributed by atoms with Crippen LogP contribution in [0.1, 0.15) is 18.4 Å². The Morgan fingerprint density at radius 1 is 1.17 bits per heavy atom. The molecule has 0 saturated carbocycles. The molecule has 3 aromatic rings. The molecule has 2 heterocycles. The summed E-state index contributed by atoms with van der Waals surface area (Å²) in [6, 6.07) is 14.5. The number of hydrogen-bond acceptors (Lipinski definition) is 4. The van der Waals surface area contributed by atoms with Crippen molar-refractivity contribution in [3.63, 3.8) is 0 Å². The molecule has 2 aromatic carbocycles. The number of para-hydroxylation sites is 2. The molecule has 0 bridgehead atoms. The summed E-state index contributed by atoms with van der Waals surface area (Å²) in [4.78, 5) is 30.3. The second kappa shape index (κ2) is 8.83. The Morgan fingerprint density at radius 3 is 2.63 bits per heavy atom. The van der Waals surface area contributed by atoms with Gasteiger partial charge in [-0.25, -0.2) is 4.98 Å². The zero-order valence-electron chi connectivity index (χ0n) is 16.1. The van der Waals surface area contributed by atoms with Crippen molar-refractivity contribution in [2.24, 2.45) is 0 Å².